The normalized spacial score (nSPS) is 41.8. The highest BCUT2D eigenvalue weighted by Gasteiger charge is 2.32. The van der Waals surface area contributed by atoms with Gasteiger partial charge in [0, 0.05) is 19.1 Å². The molecule has 2 aliphatic rings. The number of rotatable bonds is 1. The number of nitrogens with two attached hydrogens (primary N) is 1. The van der Waals surface area contributed by atoms with Crippen LogP contribution < -0.4 is 5.73 Å². The van der Waals surface area contributed by atoms with Gasteiger partial charge >= 0.3 is 0 Å². The van der Waals surface area contributed by atoms with Gasteiger partial charge in [-0.3, -0.25) is 4.67 Å². The van der Waals surface area contributed by atoms with Gasteiger partial charge in [-0.25, -0.2) is 0 Å². The van der Waals surface area contributed by atoms with E-state index in [2.05, 4.69) is 21.0 Å². The second kappa shape index (κ2) is 6.50. The Kier molecular flexibility index (Phi) is 5.26. The van der Waals surface area contributed by atoms with Gasteiger partial charge in [-0.05, 0) is 30.6 Å². The Labute approximate surface area is 109 Å². The summed E-state index contributed by atoms with van der Waals surface area (Å²) in [5.74, 6) is 2.53. The smallest absolute Gasteiger partial charge is 0.00944 e. The zero-order valence-electron chi connectivity index (χ0n) is 11.3. The number of hydrogen-bond donors (Lipinski definition) is 1. The fraction of sp³-hybridized carbons (Fsp3) is 1.00. The number of piperidine rings is 1. The van der Waals surface area contributed by atoms with Gasteiger partial charge in [-0.15, -0.1) is 0 Å². The highest BCUT2D eigenvalue weighted by Crippen LogP contribution is 2.35. The third-order valence-electron chi connectivity index (χ3n) is 4.83. The third-order valence-corrected chi connectivity index (χ3v) is 5.30. The SMILES string of the molecule is C[C@@H]1CCCCCC(C2CN(P)CCC2N)C1. The average molecular weight is 256 g/mol. The van der Waals surface area contributed by atoms with Crippen LogP contribution in [0, 0.1) is 17.8 Å². The van der Waals surface area contributed by atoms with Crippen molar-refractivity contribution in [1.82, 2.24) is 4.67 Å². The zero-order chi connectivity index (χ0) is 12.3. The van der Waals surface area contributed by atoms with Gasteiger partial charge in [0.2, 0.25) is 0 Å². The van der Waals surface area contributed by atoms with Crippen molar-refractivity contribution in [1.29, 1.82) is 0 Å². The van der Waals surface area contributed by atoms with Crippen LogP contribution >= 0.6 is 9.39 Å². The van der Waals surface area contributed by atoms with Crippen molar-refractivity contribution in [2.75, 3.05) is 13.1 Å². The van der Waals surface area contributed by atoms with E-state index in [1.54, 1.807) is 0 Å². The second-order valence-electron chi connectivity index (χ2n) is 6.35. The molecule has 5 atom stereocenters. The molecule has 0 aromatic heterocycles. The lowest BCUT2D eigenvalue weighted by Gasteiger charge is -2.40. The Balaban J connectivity index is 1.96. The molecule has 17 heavy (non-hydrogen) atoms. The molecule has 1 aliphatic carbocycles. The fourth-order valence-corrected chi connectivity index (χ4v) is 4.14. The van der Waals surface area contributed by atoms with Crippen LogP contribution in [0.15, 0.2) is 0 Å². The van der Waals surface area contributed by atoms with Crippen molar-refractivity contribution in [3.05, 3.63) is 0 Å². The summed E-state index contributed by atoms with van der Waals surface area (Å²) in [5.41, 5.74) is 6.37. The predicted molar refractivity (Wildman–Crippen MR) is 77.7 cm³/mol. The summed E-state index contributed by atoms with van der Waals surface area (Å²) in [5, 5.41) is 0. The Bertz CT molecular complexity index is 234. The highest BCUT2D eigenvalue weighted by atomic mass is 31.0. The van der Waals surface area contributed by atoms with Gasteiger partial charge in [0.25, 0.3) is 0 Å². The Hall–Kier alpha value is 0.350. The molecule has 0 aromatic carbocycles. The maximum atomic E-state index is 6.37. The molecular formula is C14H29N2P. The minimum absolute atomic E-state index is 0.448. The summed E-state index contributed by atoms with van der Waals surface area (Å²) in [6, 6.07) is 0.448. The van der Waals surface area contributed by atoms with Crippen LogP contribution in [0.5, 0.6) is 0 Å². The van der Waals surface area contributed by atoms with Crippen molar-refractivity contribution >= 4 is 9.39 Å². The summed E-state index contributed by atoms with van der Waals surface area (Å²) >= 11 is 0. The first-order chi connectivity index (χ1) is 8.16. The summed E-state index contributed by atoms with van der Waals surface area (Å²) in [7, 11) is 2.88. The lowest BCUT2D eigenvalue weighted by atomic mass is 9.74. The van der Waals surface area contributed by atoms with Gasteiger partial charge in [0.1, 0.15) is 0 Å². The summed E-state index contributed by atoms with van der Waals surface area (Å²) < 4.78 is 2.40. The molecule has 1 saturated carbocycles. The summed E-state index contributed by atoms with van der Waals surface area (Å²) in [6.07, 6.45) is 9.76. The second-order valence-corrected chi connectivity index (χ2v) is 7.08. The van der Waals surface area contributed by atoms with E-state index in [1.165, 1.54) is 51.5 Å². The van der Waals surface area contributed by atoms with Crippen molar-refractivity contribution in [2.45, 2.75) is 57.9 Å². The summed E-state index contributed by atoms with van der Waals surface area (Å²) in [6.45, 7) is 4.79. The standard InChI is InChI=1S/C14H29N2P/c1-11-5-3-2-4-6-12(9-11)13-10-16(17)8-7-14(13)15/h11-14H,2-10,15,17H2,1H3/t11-,12?,13?,14?/m1/s1. The molecule has 2 nitrogen and oxygen atoms in total. The van der Waals surface area contributed by atoms with Gasteiger partial charge in [-0.2, -0.15) is 0 Å². The highest BCUT2D eigenvalue weighted by molar-refractivity contribution is 7.13. The molecule has 100 valence electrons. The van der Waals surface area contributed by atoms with Gasteiger partial charge < -0.3 is 5.73 Å². The van der Waals surface area contributed by atoms with Crippen LogP contribution in [0.2, 0.25) is 0 Å². The van der Waals surface area contributed by atoms with E-state index >= 15 is 0 Å². The van der Waals surface area contributed by atoms with E-state index in [0.717, 1.165) is 24.3 Å². The molecule has 0 radical (unpaired) electrons. The molecule has 0 aromatic rings. The molecule has 0 spiro atoms. The van der Waals surface area contributed by atoms with E-state index in [-0.39, 0.29) is 0 Å². The summed E-state index contributed by atoms with van der Waals surface area (Å²) in [4.78, 5) is 0. The van der Waals surface area contributed by atoms with Crippen molar-refractivity contribution in [3.8, 4) is 0 Å². The first-order valence-electron chi connectivity index (χ1n) is 7.42. The molecule has 1 heterocycles. The Morgan fingerprint density at radius 1 is 1.12 bits per heavy atom. The van der Waals surface area contributed by atoms with Crippen LogP contribution in [0.3, 0.4) is 0 Å². The van der Waals surface area contributed by atoms with Crippen LogP contribution in [0.4, 0.5) is 0 Å². The van der Waals surface area contributed by atoms with Crippen LogP contribution in [0.1, 0.15) is 51.9 Å². The first kappa shape index (κ1) is 13.8. The molecule has 2 rings (SSSR count). The lowest BCUT2D eigenvalue weighted by Crippen LogP contribution is -2.47. The molecule has 3 heteroatoms. The van der Waals surface area contributed by atoms with E-state index in [9.17, 15) is 0 Å². The minimum atomic E-state index is 0.448. The third kappa shape index (κ3) is 3.91. The van der Waals surface area contributed by atoms with E-state index < -0.39 is 0 Å². The average Bonchev–Trinajstić information content (AvgIpc) is 2.27. The predicted octanol–water partition coefficient (Wildman–Crippen LogP) is 3.03. The molecule has 1 saturated heterocycles. The maximum Gasteiger partial charge on any atom is 0.00944 e. The molecule has 0 amide bonds. The van der Waals surface area contributed by atoms with Crippen LogP contribution in [-0.4, -0.2) is 23.8 Å². The van der Waals surface area contributed by atoms with E-state index in [4.69, 9.17) is 5.73 Å². The van der Waals surface area contributed by atoms with Gasteiger partial charge in [0.15, 0.2) is 0 Å². The van der Waals surface area contributed by atoms with E-state index in [0.29, 0.717) is 6.04 Å². The topological polar surface area (TPSA) is 29.3 Å². The largest absolute Gasteiger partial charge is 0.327 e. The fourth-order valence-electron chi connectivity index (χ4n) is 3.74. The Morgan fingerprint density at radius 2 is 1.88 bits per heavy atom. The quantitative estimate of drug-likeness (QED) is 0.731. The van der Waals surface area contributed by atoms with Crippen LogP contribution in [0.25, 0.3) is 0 Å². The number of nitrogens with zero attached hydrogens (tertiary/aromatic N) is 1. The van der Waals surface area contributed by atoms with Crippen molar-refractivity contribution in [2.24, 2.45) is 23.5 Å². The van der Waals surface area contributed by atoms with Gasteiger partial charge in [-0.1, -0.05) is 48.4 Å². The van der Waals surface area contributed by atoms with Crippen molar-refractivity contribution < 1.29 is 0 Å². The zero-order valence-corrected chi connectivity index (χ0v) is 12.4. The Morgan fingerprint density at radius 3 is 2.71 bits per heavy atom. The maximum absolute atomic E-state index is 6.37. The van der Waals surface area contributed by atoms with Crippen LogP contribution in [-0.2, 0) is 0 Å². The minimum Gasteiger partial charge on any atom is -0.327 e. The van der Waals surface area contributed by atoms with Gasteiger partial charge in [0.05, 0.1) is 0 Å². The monoisotopic (exact) mass is 256 g/mol. The number of hydrogen-bond acceptors (Lipinski definition) is 2. The lowest BCUT2D eigenvalue weighted by molar-refractivity contribution is 0.142. The molecule has 4 unspecified atom stereocenters. The van der Waals surface area contributed by atoms with E-state index in [1.807, 2.05) is 0 Å². The first-order valence-corrected chi connectivity index (χ1v) is 7.93. The molecule has 2 N–H and O–H groups in total. The molecule has 1 aliphatic heterocycles. The molecule has 0 bridgehead atoms. The molecular weight excluding hydrogens is 227 g/mol. The molecule has 2 fully saturated rings. The van der Waals surface area contributed by atoms with Crippen molar-refractivity contribution in [3.63, 3.8) is 0 Å².